The van der Waals surface area contributed by atoms with Gasteiger partial charge in [0.2, 0.25) is 0 Å². The number of ether oxygens (including phenoxy) is 3. The number of aromatic hydroxyl groups is 1. The predicted molar refractivity (Wildman–Crippen MR) is 149 cm³/mol. The normalized spacial score (nSPS) is 9.74. The third kappa shape index (κ3) is 9.37. The molecule has 0 radical (unpaired) electrons. The number of halogens is 5. The topological polar surface area (TPSA) is 95.5 Å². The summed E-state index contributed by atoms with van der Waals surface area (Å²) in [6.07, 6.45) is 1.09. The van der Waals surface area contributed by atoms with Gasteiger partial charge in [-0.15, -0.1) is 0 Å². The van der Waals surface area contributed by atoms with E-state index >= 15 is 0 Å². The Labute approximate surface area is 245 Å². The fourth-order valence-electron chi connectivity index (χ4n) is 3.44. The lowest BCUT2D eigenvalue weighted by Crippen LogP contribution is -1.97. The lowest BCUT2D eigenvalue weighted by atomic mass is 10.1. The second-order valence-corrected chi connectivity index (χ2v) is 8.52. The average molecular weight is 599 g/mol. The Hall–Kier alpha value is -5.29. The minimum absolute atomic E-state index is 0.0795. The summed E-state index contributed by atoms with van der Waals surface area (Å²) in [6.45, 7) is 3.66. The smallest absolute Gasteiger partial charge is 0.172 e. The van der Waals surface area contributed by atoms with Gasteiger partial charge in [-0.25, -0.2) is 22.0 Å². The van der Waals surface area contributed by atoms with Crippen LogP contribution in [0.2, 0.25) is 0 Å². The van der Waals surface area contributed by atoms with Crippen molar-refractivity contribution in [3.05, 3.63) is 112 Å². The first-order chi connectivity index (χ1) is 20.5. The predicted octanol–water partition coefficient (Wildman–Crippen LogP) is 8.14. The van der Waals surface area contributed by atoms with Crippen LogP contribution in [0.25, 0.3) is 0 Å². The minimum Gasteiger partial charge on any atom is -0.504 e. The van der Waals surface area contributed by atoms with Gasteiger partial charge in [0.15, 0.2) is 46.2 Å². The summed E-state index contributed by atoms with van der Waals surface area (Å²) in [5.74, 6) is -3.00. The first-order valence-corrected chi connectivity index (χ1v) is 12.7. The summed E-state index contributed by atoms with van der Waals surface area (Å²) in [5, 5.41) is 26.1. The molecule has 43 heavy (non-hydrogen) atoms. The molecule has 1 N–H and O–H groups in total. The number of phenolic OH excluding ortho intramolecular Hbond substituents is 1. The van der Waals surface area contributed by atoms with Gasteiger partial charge < -0.3 is 19.3 Å². The van der Waals surface area contributed by atoms with Crippen LogP contribution in [-0.2, 0) is 12.8 Å². The first kappa shape index (κ1) is 33.9. The SMILES string of the molecule is CCc1cc(OC)c(O)cc1F.CCc1cc(OC)c(Oc2ccc(C#N)cc2F)cc1F.N#Cc1ccc(F)c(F)c1. The number of methoxy groups -OCH3 is 2. The third-order valence-corrected chi connectivity index (χ3v) is 5.77. The summed E-state index contributed by atoms with van der Waals surface area (Å²) < 4.78 is 80.3. The van der Waals surface area contributed by atoms with Gasteiger partial charge in [0.1, 0.15) is 11.6 Å². The summed E-state index contributed by atoms with van der Waals surface area (Å²) in [7, 11) is 2.86. The fraction of sp³-hybridized carbons (Fsp3) is 0.188. The fourth-order valence-corrected chi connectivity index (χ4v) is 3.44. The van der Waals surface area contributed by atoms with Crippen LogP contribution in [0, 0.1) is 51.7 Å². The molecular weight excluding hydrogens is 571 g/mol. The van der Waals surface area contributed by atoms with Crippen LogP contribution < -0.4 is 14.2 Å². The van der Waals surface area contributed by atoms with E-state index in [2.05, 4.69) is 0 Å². The maximum Gasteiger partial charge on any atom is 0.172 e. The molecule has 0 aliphatic carbocycles. The van der Waals surface area contributed by atoms with Crippen LogP contribution in [-0.4, -0.2) is 19.3 Å². The Kier molecular flexibility index (Phi) is 12.8. The van der Waals surface area contributed by atoms with E-state index in [-0.39, 0.29) is 28.4 Å². The summed E-state index contributed by atoms with van der Waals surface area (Å²) in [5.41, 5.74) is 1.34. The van der Waals surface area contributed by atoms with Crippen molar-refractivity contribution < 1.29 is 41.3 Å². The Morgan fingerprint density at radius 3 is 1.58 bits per heavy atom. The molecule has 4 aromatic rings. The molecule has 4 aromatic carbocycles. The zero-order valence-corrected chi connectivity index (χ0v) is 23.6. The van der Waals surface area contributed by atoms with Crippen LogP contribution in [0.15, 0.2) is 60.7 Å². The third-order valence-electron chi connectivity index (χ3n) is 5.77. The largest absolute Gasteiger partial charge is 0.504 e. The summed E-state index contributed by atoms with van der Waals surface area (Å²) >= 11 is 0. The van der Waals surface area contributed by atoms with Crippen molar-refractivity contribution in [2.45, 2.75) is 26.7 Å². The minimum atomic E-state index is -0.987. The standard InChI is InChI=1S/C16H13F2NO2.C9H11FO2.C7H3F2N/c1-3-11-7-15(20-2)16(8-12(11)17)21-14-5-4-10(9-19)6-13(14)18;1-3-6-4-9(12-2)8(11)5-7(6)10;8-6-2-1-5(4-10)3-7(6)9/h4-8H,3H2,1-2H3;4-5,11H,3H2,1-2H3;1-3H. The molecule has 224 valence electrons. The molecule has 0 heterocycles. The van der Waals surface area contributed by atoms with Crippen LogP contribution in [0.3, 0.4) is 0 Å². The average Bonchev–Trinajstić information content (AvgIpc) is 3.00. The highest BCUT2D eigenvalue weighted by Crippen LogP contribution is 2.35. The van der Waals surface area contributed by atoms with Crippen molar-refractivity contribution in [1.29, 1.82) is 10.5 Å². The van der Waals surface area contributed by atoms with Crippen molar-refractivity contribution in [2.75, 3.05) is 14.2 Å². The summed E-state index contributed by atoms with van der Waals surface area (Å²) in [4.78, 5) is 0. The lowest BCUT2D eigenvalue weighted by molar-refractivity contribution is 0.367. The molecule has 11 heteroatoms. The molecule has 0 atom stereocenters. The van der Waals surface area contributed by atoms with E-state index in [1.807, 2.05) is 19.9 Å². The highest BCUT2D eigenvalue weighted by Gasteiger charge is 2.14. The number of hydrogen-bond acceptors (Lipinski definition) is 6. The molecule has 0 aliphatic heterocycles. The molecule has 0 unspecified atom stereocenters. The molecule has 0 spiro atoms. The molecule has 0 saturated heterocycles. The van der Waals surface area contributed by atoms with E-state index in [0.717, 1.165) is 30.3 Å². The highest BCUT2D eigenvalue weighted by atomic mass is 19.2. The van der Waals surface area contributed by atoms with Crippen molar-refractivity contribution >= 4 is 0 Å². The molecule has 0 saturated carbocycles. The molecule has 4 rings (SSSR count). The molecule has 0 fully saturated rings. The zero-order valence-electron chi connectivity index (χ0n) is 23.6. The van der Waals surface area contributed by atoms with Crippen LogP contribution in [0.4, 0.5) is 22.0 Å². The van der Waals surface area contributed by atoms with Crippen LogP contribution in [0.5, 0.6) is 28.7 Å². The Bertz CT molecular complexity index is 1620. The number of phenols is 1. The Morgan fingerprint density at radius 1 is 0.581 bits per heavy atom. The van der Waals surface area contributed by atoms with Crippen molar-refractivity contribution in [3.63, 3.8) is 0 Å². The quantitative estimate of drug-likeness (QED) is 0.225. The number of nitrogens with zero attached hydrogens (tertiary/aromatic N) is 2. The molecule has 0 aliphatic rings. The van der Waals surface area contributed by atoms with E-state index in [1.165, 1.54) is 44.6 Å². The van der Waals surface area contributed by atoms with Gasteiger partial charge >= 0.3 is 0 Å². The maximum atomic E-state index is 13.8. The monoisotopic (exact) mass is 598 g/mol. The van der Waals surface area contributed by atoms with E-state index in [1.54, 1.807) is 6.07 Å². The van der Waals surface area contributed by atoms with E-state index in [9.17, 15) is 22.0 Å². The maximum absolute atomic E-state index is 13.8. The van der Waals surface area contributed by atoms with Crippen molar-refractivity contribution in [1.82, 2.24) is 0 Å². The number of rotatable bonds is 6. The molecule has 0 aromatic heterocycles. The number of benzene rings is 4. The van der Waals surface area contributed by atoms with Gasteiger partial charge in [0, 0.05) is 12.1 Å². The van der Waals surface area contributed by atoms with E-state index in [0.29, 0.717) is 35.5 Å². The molecule has 6 nitrogen and oxygen atoms in total. The Morgan fingerprint density at radius 2 is 1.09 bits per heavy atom. The summed E-state index contributed by atoms with van der Waals surface area (Å²) in [6, 6.07) is 15.6. The lowest BCUT2D eigenvalue weighted by Gasteiger charge is -2.13. The zero-order chi connectivity index (χ0) is 32.1. The van der Waals surface area contributed by atoms with Gasteiger partial charge in [-0.1, -0.05) is 13.8 Å². The molecular formula is C32H27F5N2O4. The second kappa shape index (κ2) is 16.2. The molecule has 0 bridgehead atoms. The van der Waals surface area contributed by atoms with Crippen molar-refractivity contribution in [3.8, 4) is 40.9 Å². The van der Waals surface area contributed by atoms with Gasteiger partial charge in [0.25, 0.3) is 0 Å². The van der Waals surface area contributed by atoms with Gasteiger partial charge in [-0.2, -0.15) is 10.5 Å². The number of nitriles is 2. The van der Waals surface area contributed by atoms with Crippen LogP contribution >= 0.6 is 0 Å². The number of aryl methyl sites for hydroxylation is 2. The van der Waals surface area contributed by atoms with Gasteiger partial charge in [-0.3, -0.25) is 0 Å². The van der Waals surface area contributed by atoms with E-state index < -0.39 is 29.1 Å². The second-order valence-electron chi connectivity index (χ2n) is 8.52. The van der Waals surface area contributed by atoms with Crippen LogP contribution in [0.1, 0.15) is 36.1 Å². The van der Waals surface area contributed by atoms with Gasteiger partial charge in [-0.05, 0) is 72.5 Å². The van der Waals surface area contributed by atoms with E-state index in [4.69, 9.17) is 29.8 Å². The Balaban J connectivity index is 0.000000248. The van der Waals surface area contributed by atoms with Gasteiger partial charge in [0.05, 0.1) is 37.5 Å². The van der Waals surface area contributed by atoms with Crippen molar-refractivity contribution in [2.24, 2.45) is 0 Å². The molecule has 0 amide bonds. The first-order valence-electron chi connectivity index (χ1n) is 12.7. The number of hydrogen-bond donors (Lipinski definition) is 1. The highest BCUT2D eigenvalue weighted by molar-refractivity contribution is 5.47.